The van der Waals surface area contributed by atoms with Crippen LogP contribution in [0.1, 0.15) is 18.2 Å². The van der Waals surface area contributed by atoms with Crippen LogP contribution in [0, 0.1) is 0 Å². The first-order valence-corrected chi connectivity index (χ1v) is 12.2. The number of H-pyrrole nitrogens is 1. The molecular formula is C28H31N5O. The van der Waals surface area contributed by atoms with Crippen LogP contribution in [0.2, 0.25) is 0 Å². The van der Waals surface area contributed by atoms with Crippen molar-refractivity contribution in [1.82, 2.24) is 19.8 Å². The Balaban J connectivity index is 1.25. The molecule has 6 nitrogen and oxygen atoms in total. The summed E-state index contributed by atoms with van der Waals surface area (Å²) in [6.07, 6.45) is 4.63. The molecule has 0 bridgehead atoms. The summed E-state index contributed by atoms with van der Waals surface area (Å²) in [5.74, 6) is 0. The molecule has 2 aromatic carbocycles. The zero-order valence-corrected chi connectivity index (χ0v) is 19.6. The second-order valence-corrected chi connectivity index (χ2v) is 9.54. The van der Waals surface area contributed by atoms with Gasteiger partial charge in [-0.1, -0.05) is 36.4 Å². The lowest BCUT2D eigenvalue weighted by Crippen LogP contribution is -2.44. The molecule has 174 valence electrons. The number of hydrogen-bond donors (Lipinski definition) is 2. The van der Waals surface area contributed by atoms with Crippen LogP contribution >= 0.6 is 0 Å². The number of nitrogens with zero attached hydrogens (tertiary/aromatic N) is 4. The van der Waals surface area contributed by atoms with Crippen molar-refractivity contribution in [3.63, 3.8) is 0 Å². The molecule has 1 atom stereocenters. The van der Waals surface area contributed by atoms with Crippen LogP contribution in [0.15, 0.2) is 67.0 Å². The smallest absolute Gasteiger partial charge is 0.137 e. The Morgan fingerprint density at radius 2 is 1.56 bits per heavy atom. The van der Waals surface area contributed by atoms with Gasteiger partial charge in [-0.2, -0.15) is 0 Å². The molecule has 2 N–H and O–H groups in total. The van der Waals surface area contributed by atoms with Gasteiger partial charge in [-0.05, 0) is 48.4 Å². The zero-order chi connectivity index (χ0) is 23.1. The number of aromatic amines is 1. The molecule has 4 heterocycles. The van der Waals surface area contributed by atoms with Crippen LogP contribution in [0.4, 0.5) is 5.69 Å². The van der Waals surface area contributed by atoms with Crippen molar-refractivity contribution >= 4 is 16.7 Å². The summed E-state index contributed by atoms with van der Waals surface area (Å²) in [5, 5.41) is 11.6. The number of pyridine rings is 1. The number of rotatable bonds is 5. The van der Waals surface area contributed by atoms with Gasteiger partial charge in [0.2, 0.25) is 0 Å². The Bertz CT molecular complexity index is 1270. The van der Waals surface area contributed by atoms with Gasteiger partial charge in [-0.25, -0.2) is 4.98 Å². The summed E-state index contributed by atoms with van der Waals surface area (Å²) < 4.78 is 0. The Kier molecular flexibility index (Phi) is 5.57. The fraction of sp³-hybridized carbons (Fsp3) is 0.321. The molecule has 0 radical (unpaired) electrons. The van der Waals surface area contributed by atoms with E-state index < -0.39 is 6.23 Å². The lowest BCUT2D eigenvalue weighted by molar-refractivity contribution is -0.0365. The van der Waals surface area contributed by atoms with Gasteiger partial charge in [-0.15, -0.1) is 0 Å². The fourth-order valence-electron chi connectivity index (χ4n) is 4.96. The van der Waals surface area contributed by atoms with Crippen molar-refractivity contribution in [2.75, 3.05) is 51.2 Å². The van der Waals surface area contributed by atoms with Crippen LogP contribution in [0.25, 0.3) is 33.3 Å². The molecule has 1 unspecified atom stereocenters. The predicted octanol–water partition coefficient (Wildman–Crippen LogP) is 4.35. The lowest BCUT2D eigenvalue weighted by Gasteiger charge is -2.35. The summed E-state index contributed by atoms with van der Waals surface area (Å²) in [7, 11) is 2.18. The molecular weight excluding hydrogens is 422 g/mol. The van der Waals surface area contributed by atoms with E-state index in [1.165, 1.54) is 17.7 Å². The number of anilines is 1. The van der Waals surface area contributed by atoms with Crippen molar-refractivity contribution in [2.45, 2.75) is 12.6 Å². The third-order valence-corrected chi connectivity index (χ3v) is 7.36. The SMILES string of the molecule is CN1CCN(c2ccc(-c3cnc4[nH]cc(-c5ccc(C(O)N6CCC6)cc5)c4c3)cc2)CC1. The largest absolute Gasteiger partial charge is 0.374 e. The predicted molar refractivity (Wildman–Crippen MR) is 138 cm³/mol. The van der Waals surface area contributed by atoms with Gasteiger partial charge in [0.25, 0.3) is 0 Å². The second kappa shape index (κ2) is 8.87. The summed E-state index contributed by atoms with van der Waals surface area (Å²) in [5.41, 5.74) is 7.66. The monoisotopic (exact) mass is 453 g/mol. The molecule has 2 saturated heterocycles. The highest BCUT2D eigenvalue weighted by Crippen LogP contribution is 2.33. The highest BCUT2D eigenvalue weighted by Gasteiger charge is 2.23. The minimum absolute atomic E-state index is 0.507. The number of piperazine rings is 1. The fourth-order valence-corrected chi connectivity index (χ4v) is 4.96. The number of benzene rings is 2. The van der Waals surface area contributed by atoms with E-state index in [1.807, 2.05) is 24.5 Å². The van der Waals surface area contributed by atoms with Crippen LogP contribution < -0.4 is 4.90 Å². The van der Waals surface area contributed by atoms with Crippen molar-refractivity contribution in [1.29, 1.82) is 0 Å². The summed E-state index contributed by atoms with van der Waals surface area (Å²) in [6, 6.07) is 19.3. The normalized spacial score (nSPS) is 18.2. The molecule has 2 aromatic heterocycles. The molecule has 2 aliphatic rings. The molecule has 0 aliphatic carbocycles. The number of aromatic nitrogens is 2. The van der Waals surface area contributed by atoms with Gasteiger partial charge in [0.1, 0.15) is 11.9 Å². The number of likely N-dealkylation sites (tertiary alicyclic amines) is 1. The maximum Gasteiger partial charge on any atom is 0.137 e. The second-order valence-electron chi connectivity index (χ2n) is 9.54. The number of aliphatic hydroxyl groups excluding tert-OH is 1. The van der Waals surface area contributed by atoms with Crippen LogP contribution in [-0.2, 0) is 0 Å². The Morgan fingerprint density at radius 3 is 2.24 bits per heavy atom. The molecule has 6 heteroatoms. The Morgan fingerprint density at radius 1 is 0.853 bits per heavy atom. The minimum Gasteiger partial charge on any atom is -0.374 e. The third-order valence-electron chi connectivity index (χ3n) is 7.36. The van der Waals surface area contributed by atoms with Gasteiger partial charge in [0, 0.05) is 73.9 Å². The Hall–Kier alpha value is -3.19. The first-order valence-electron chi connectivity index (χ1n) is 12.2. The summed E-state index contributed by atoms with van der Waals surface area (Å²) in [4.78, 5) is 14.9. The van der Waals surface area contributed by atoms with E-state index in [-0.39, 0.29) is 0 Å². The first kappa shape index (κ1) is 21.4. The highest BCUT2D eigenvalue weighted by molar-refractivity contribution is 5.95. The van der Waals surface area contributed by atoms with E-state index >= 15 is 0 Å². The zero-order valence-electron chi connectivity index (χ0n) is 19.6. The molecule has 2 fully saturated rings. The number of hydrogen-bond acceptors (Lipinski definition) is 5. The van der Waals surface area contributed by atoms with Gasteiger partial charge in [0.05, 0.1) is 0 Å². The minimum atomic E-state index is -0.507. The number of fused-ring (bicyclic) bond motifs is 1. The molecule has 0 spiro atoms. The molecule has 4 aromatic rings. The van der Waals surface area contributed by atoms with Gasteiger partial charge >= 0.3 is 0 Å². The maximum absolute atomic E-state index is 10.5. The van der Waals surface area contributed by atoms with Gasteiger partial charge < -0.3 is 19.9 Å². The molecule has 2 aliphatic heterocycles. The van der Waals surface area contributed by atoms with Crippen LogP contribution in [-0.4, -0.2) is 71.2 Å². The topological polar surface area (TPSA) is 58.6 Å². The number of likely N-dealkylation sites (N-methyl/N-ethyl adjacent to an activating group) is 1. The standard InChI is InChI=1S/C28H31N5O/c1-31-13-15-32(16-14-31)24-9-7-20(8-10-24)23-17-25-26(19-30-27(25)29-18-23)21-3-5-22(6-4-21)28(34)33-11-2-12-33/h3-10,17-19,28,34H,2,11-16H2,1H3,(H,29,30). The van der Waals surface area contributed by atoms with Crippen molar-refractivity contribution in [3.05, 3.63) is 72.6 Å². The average Bonchev–Trinajstić information content (AvgIpc) is 3.27. The van der Waals surface area contributed by atoms with Crippen molar-refractivity contribution in [3.8, 4) is 22.3 Å². The average molecular weight is 454 g/mol. The van der Waals surface area contributed by atoms with E-state index in [0.717, 1.165) is 72.6 Å². The highest BCUT2D eigenvalue weighted by atomic mass is 16.3. The van der Waals surface area contributed by atoms with E-state index in [2.05, 4.69) is 69.2 Å². The van der Waals surface area contributed by atoms with E-state index in [0.29, 0.717) is 0 Å². The summed E-state index contributed by atoms with van der Waals surface area (Å²) in [6.45, 7) is 6.30. The van der Waals surface area contributed by atoms with Crippen LogP contribution in [0.5, 0.6) is 0 Å². The Labute approximate surface area is 200 Å². The quantitative estimate of drug-likeness (QED) is 0.471. The third kappa shape index (κ3) is 3.98. The van der Waals surface area contributed by atoms with Crippen molar-refractivity contribution < 1.29 is 5.11 Å². The molecule has 0 amide bonds. The lowest BCUT2D eigenvalue weighted by atomic mass is 10.0. The molecule has 6 rings (SSSR count). The molecule has 0 saturated carbocycles. The number of nitrogens with one attached hydrogen (secondary N) is 1. The summed E-state index contributed by atoms with van der Waals surface area (Å²) >= 11 is 0. The van der Waals surface area contributed by atoms with E-state index in [9.17, 15) is 5.11 Å². The number of aliphatic hydroxyl groups is 1. The van der Waals surface area contributed by atoms with Crippen molar-refractivity contribution in [2.24, 2.45) is 0 Å². The van der Waals surface area contributed by atoms with Crippen LogP contribution in [0.3, 0.4) is 0 Å². The van der Waals surface area contributed by atoms with E-state index in [1.54, 1.807) is 0 Å². The molecule has 34 heavy (non-hydrogen) atoms. The van der Waals surface area contributed by atoms with Gasteiger partial charge in [0.15, 0.2) is 0 Å². The van der Waals surface area contributed by atoms with E-state index in [4.69, 9.17) is 4.98 Å². The maximum atomic E-state index is 10.5. The first-order chi connectivity index (χ1) is 16.7. The van der Waals surface area contributed by atoms with Gasteiger partial charge in [-0.3, -0.25) is 4.90 Å².